The molecule has 1 aromatic rings. The second-order valence-electron chi connectivity index (χ2n) is 4.19. The molecule has 0 aliphatic heterocycles. The smallest absolute Gasteiger partial charge is 0.230 e. The fourth-order valence-electron chi connectivity index (χ4n) is 1.45. The number of hydrogen-bond acceptors (Lipinski definition) is 3. The first kappa shape index (κ1) is 14.1. The van der Waals surface area contributed by atoms with E-state index in [9.17, 15) is 4.79 Å². The molecule has 1 rings (SSSR count). The molecule has 17 heavy (non-hydrogen) atoms. The predicted octanol–water partition coefficient (Wildman–Crippen LogP) is 1.94. The van der Waals surface area contributed by atoms with Gasteiger partial charge in [-0.15, -0.1) is 0 Å². The van der Waals surface area contributed by atoms with Gasteiger partial charge in [0.15, 0.2) is 0 Å². The highest BCUT2D eigenvalue weighted by molar-refractivity contribution is 7.99. The third-order valence-corrected chi connectivity index (χ3v) is 3.52. The number of thioether (sulfide) groups is 1. The van der Waals surface area contributed by atoms with Crippen molar-refractivity contribution >= 4 is 17.7 Å². The van der Waals surface area contributed by atoms with E-state index in [1.807, 2.05) is 44.2 Å². The average Bonchev–Trinajstić information content (AvgIpc) is 2.29. The molecule has 2 atom stereocenters. The van der Waals surface area contributed by atoms with Crippen LogP contribution >= 0.6 is 11.8 Å². The fraction of sp³-hybridized carbons (Fsp3) is 0.462. The summed E-state index contributed by atoms with van der Waals surface area (Å²) in [4.78, 5) is 11.6. The van der Waals surface area contributed by atoms with Crippen LogP contribution in [0.2, 0.25) is 0 Å². The highest BCUT2D eigenvalue weighted by Gasteiger charge is 2.09. The molecule has 2 unspecified atom stereocenters. The van der Waals surface area contributed by atoms with Crippen molar-refractivity contribution in [1.82, 2.24) is 5.32 Å². The van der Waals surface area contributed by atoms with Gasteiger partial charge in [-0.1, -0.05) is 30.3 Å². The predicted molar refractivity (Wildman–Crippen MR) is 74.0 cm³/mol. The maximum Gasteiger partial charge on any atom is 0.230 e. The van der Waals surface area contributed by atoms with E-state index in [0.29, 0.717) is 5.75 Å². The molecule has 3 N–H and O–H groups in total. The van der Waals surface area contributed by atoms with Crippen LogP contribution in [0.4, 0.5) is 0 Å². The van der Waals surface area contributed by atoms with E-state index in [-0.39, 0.29) is 18.0 Å². The number of rotatable bonds is 6. The minimum atomic E-state index is 0.0552. The van der Waals surface area contributed by atoms with E-state index < -0.39 is 0 Å². The van der Waals surface area contributed by atoms with Gasteiger partial charge in [0.05, 0.1) is 11.8 Å². The van der Waals surface area contributed by atoms with Gasteiger partial charge >= 0.3 is 0 Å². The van der Waals surface area contributed by atoms with E-state index in [4.69, 9.17) is 5.73 Å². The Bertz CT molecular complexity index is 341. The maximum atomic E-state index is 11.6. The zero-order valence-corrected chi connectivity index (χ0v) is 11.2. The van der Waals surface area contributed by atoms with Crippen molar-refractivity contribution < 1.29 is 4.79 Å². The number of benzene rings is 1. The van der Waals surface area contributed by atoms with Crippen LogP contribution in [-0.4, -0.2) is 23.5 Å². The van der Waals surface area contributed by atoms with Crippen molar-refractivity contribution in [3.05, 3.63) is 35.9 Å². The minimum Gasteiger partial charge on any atom is -0.349 e. The van der Waals surface area contributed by atoms with Crippen LogP contribution in [0.5, 0.6) is 0 Å². The molecule has 0 aromatic heterocycles. The van der Waals surface area contributed by atoms with E-state index >= 15 is 0 Å². The standard InChI is InChI=1S/C13H20N2OS/c1-10(14)8-17-9-13(16)15-11(2)12-6-4-3-5-7-12/h3-7,10-11H,8-9,14H2,1-2H3,(H,15,16). The SMILES string of the molecule is CC(N)CSCC(=O)NC(C)c1ccccc1. The first-order chi connectivity index (χ1) is 8.09. The van der Waals surface area contributed by atoms with E-state index in [2.05, 4.69) is 5.32 Å². The summed E-state index contributed by atoms with van der Waals surface area (Å²) >= 11 is 1.57. The van der Waals surface area contributed by atoms with Gasteiger partial charge < -0.3 is 11.1 Å². The Balaban J connectivity index is 2.31. The first-order valence-electron chi connectivity index (χ1n) is 5.77. The van der Waals surface area contributed by atoms with Crippen LogP contribution in [0.15, 0.2) is 30.3 Å². The number of hydrogen-bond donors (Lipinski definition) is 2. The molecule has 0 radical (unpaired) electrons. The lowest BCUT2D eigenvalue weighted by molar-refractivity contribution is -0.119. The van der Waals surface area contributed by atoms with Gasteiger partial charge in [0.25, 0.3) is 0 Å². The average molecular weight is 252 g/mol. The molecule has 0 aliphatic carbocycles. The second-order valence-corrected chi connectivity index (χ2v) is 5.22. The van der Waals surface area contributed by atoms with Crippen LogP contribution in [0.1, 0.15) is 25.5 Å². The monoisotopic (exact) mass is 252 g/mol. The molecule has 0 saturated carbocycles. The third kappa shape index (κ3) is 5.75. The van der Waals surface area contributed by atoms with E-state index in [1.165, 1.54) is 0 Å². The lowest BCUT2D eigenvalue weighted by atomic mass is 10.1. The Kier molecular flexibility index (Phi) is 6.08. The quantitative estimate of drug-likeness (QED) is 0.813. The Labute approximate surface area is 107 Å². The molecule has 94 valence electrons. The van der Waals surface area contributed by atoms with Crippen LogP contribution in [-0.2, 0) is 4.79 Å². The van der Waals surface area contributed by atoms with Crippen LogP contribution in [0.25, 0.3) is 0 Å². The molecular weight excluding hydrogens is 232 g/mol. The summed E-state index contributed by atoms with van der Waals surface area (Å²) in [6.45, 7) is 3.93. The third-order valence-electron chi connectivity index (χ3n) is 2.29. The molecule has 3 nitrogen and oxygen atoms in total. The molecule has 1 amide bonds. The summed E-state index contributed by atoms with van der Waals surface area (Å²) in [6, 6.07) is 10.1. The van der Waals surface area contributed by atoms with Gasteiger partial charge in [-0.2, -0.15) is 11.8 Å². The highest BCUT2D eigenvalue weighted by atomic mass is 32.2. The van der Waals surface area contributed by atoms with Gasteiger partial charge in [-0.05, 0) is 19.4 Å². The largest absolute Gasteiger partial charge is 0.349 e. The van der Waals surface area contributed by atoms with E-state index in [1.54, 1.807) is 11.8 Å². The Morgan fingerprint density at radius 3 is 2.59 bits per heavy atom. The van der Waals surface area contributed by atoms with Crippen molar-refractivity contribution in [3.63, 3.8) is 0 Å². The summed E-state index contributed by atoms with van der Waals surface area (Å²) in [5.41, 5.74) is 6.74. The van der Waals surface area contributed by atoms with Gasteiger partial charge in [0.2, 0.25) is 5.91 Å². The zero-order valence-electron chi connectivity index (χ0n) is 10.3. The van der Waals surface area contributed by atoms with Gasteiger partial charge in [0, 0.05) is 11.8 Å². The zero-order chi connectivity index (χ0) is 12.7. The molecular formula is C13H20N2OS. The van der Waals surface area contributed by atoms with Gasteiger partial charge in [-0.25, -0.2) is 0 Å². The summed E-state index contributed by atoms with van der Waals surface area (Å²) in [7, 11) is 0. The molecule has 0 aliphatic rings. The minimum absolute atomic E-state index is 0.0552. The van der Waals surface area contributed by atoms with Crippen molar-refractivity contribution in [1.29, 1.82) is 0 Å². The summed E-state index contributed by atoms with van der Waals surface area (Å²) in [5.74, 6) is 1.35. The number of nitrogens with two attached hydrogens (primary N) is 1. The molecule has 0 heterocycles. The van der Waals surface area contributed by atoms with Gasteiger partial charge in [0.1, 0.15) is 0 Å². The Morgan fingerprint density at radius 2 is 2.00 bits per heavy atom. The molecule has 0 fully saturated rings. The number of nitrogens with one attached hydrogen (secondary N) is 1. The number of amides is 1. The molecule has 0 spiro atoms. The maximum absolute atomic E-state index is 11.6. The van der Waals surface area contributed by atoms with Crippen molar-refractivity contribution in [2.75, 3.05) is 11.5 Å². The molecule has 1 aromatic carbocycles. The van der Waals surface area contributed by atoms with Crippen molar-refractivity contribution in [2.24, 2.45) is 5.73 Å². The topological polar surface area (TPSA) is 55.1 Å². The Hall–Kier alpha value is -1.00. The molecule has 4 heteroatoms. The van der Waals surface area contributed by atoms with Crippen LogP contribution in [0.3, 0.4) is 0 Å². The van der Waals surface area contributed by atoms with Crippen LogP contribution in [0, 0.1) is 0 Å². The Morgan fingerprint density at radius 1 is 1.35 bits per heavy atom. The lowest BCUT2D eigenvalue weighted by Gasteiger charge is -2.14. The number of carbonyl (C=O) groups is 1. The summed E-state index contributed by atoms with van der Waals surface area (Å²) in [6.07, 6.45) is 0. The highest BCUT2D eigenvalue weighted by Crippen LogP contribution is 2.11. The van der Waals surface area contributed by atoms with E-state index in [0.717, 1.165) is 11.3 Å². The second kappa shape index (κ2) is 7.35. The summed E-state index contributed by atoms with van der Waals surface area (Å²) in [5, 5.41) is 2.97. The van der Waals surface area contributed by atoms with Crippen molar-refractivity contribution in [2.45, 2.75) is 25.9 Å². The normalized spacial score (nSPS) is 14.1. The first-order valence-corrected chi connectivity index (χ1v) is 6.92. The van der Waals surface area contributed by atoms with Crippen LogP contribution < -0.4 is 11.1 Å². The molecule has 0 bridgehead atoms. The summed E-state index contributed by atoms with van der Waals surface area (Å²) < 4.78 is 0. The lowest BCUT2D eigenvalue weighted by Crippen LogP contribution is -2.29. The fourth-order valence-corrected chi connectivity index (χ4v) is 2.20. The van der Waals surface area contributed by atoms with Crippen molar-refractivity contribution in [3.8, 4) is 0 Å². The van der Waals surface area contributed by atoms with Gasteiger partial charge in [-0.3, -0.25) is 4.79 Å². The number of carbonyl (C=O) groups excluding carboxylic acids is 1. The molecule has 0 saturated heterocycles.